The van der Waals surface area contributed by atoms with E-state index in [4.69, 9.17) is 23.7 Å². The molecular formula is C55H87NO13P+. The maximum absolute atomic E-state index is 14.5. The first-order valence-corrected chi connectivity index (χ1v) is 27.9. The van der Waals surface area contributed by atoms with Crippen molar-refractivity contribution in [1.29, 1.82) is 0 Å². The maximum Gasteiger partial charge on any atom is 0.335 e. The van der Waals surface area contributed by atoms with E-state index in [1.54, 1.807) is 47.7 Å². The fourth-order valence-electron chi connectivity index (χ4n) is 11.1. The summed E-state index contributed by atoms with van der Waals surface area (Å²) >= 11 is 0. The lowest BCUT2D eigenvalue weighted by atomic mass is 9.74. The third-order valence-corrected chi connectivity index (χ3v) is 16.6. The molecule has 0 aromatic carbocycles. The summed E-state index contributed by atoms with van der Waals surface area (Å²) in [7, 11) is 3.49. The third-order valence-electron chi connectivity index (χ3n) is 15.7. The SMILES string of the molecule is CO[C@H]1C[C@@H]2CC[C@@H](C)[C@@](O)(O2)C(=O)C(=O)N2CCCC[C@H]2C(=O)O[C@H]([C@H](C)C[C@@H]2CCC(CCC[P+](C)=O)[C@H](OC)C2)CC(=O)[C@H](C)/C=C(\C)[C@@H](O)[C@@H](OC)C(=O)[C@H](C)C[C@H](C)/C=C/C=C/C=C/1C. The van der Waals surface area contributed by atoms with Crippen molar-refractivity contribution in [3.05, 3.63) is 47.6 Å². The van der Waals surface area contributed by atoms with Crippen LogP contribution in [-0.2, 0) is 52.2 Å². The lowest BCUT2D eigenvalue weighted by Gasteiger charge is -2.42. The minimum absolute atomic E-state index is 0.0178. The Morgan fingerprint density at radius 1 is 0.886 bits per heavy atom. The van der Waals surface area contributed by atoms with Crippen LogP contribution in [0.25, 0.3) is 0 Å². The van der Waals surface area contributed by atoms with Gasteiger partial charge in [-0.15, -0.1) is 0 Å². The van der Waals surface area contributed by atoms with Crippen LogP contribution in [0.5, 0.6) is 0 Å². The molecule has 1 aliphatic carbocycles. The van der Waals surface area contributed by atoms with E-state index in [-0.39, 0.29) is 54.8 Å². The molecule has 1 saturated carbocycles. The number of ether oxygens (including phenoxy) is 5. The summed E-state index contributed by atoms with van der Waals surface area (Å²) in [4.78, 5) is 72.4. The molecule has 2 unspecified atom stereocenters. The van der Waals surface area contributed by atoms with Gasteiger partial charge in [0.15, 0.2) is 5.78 Å². The Balaban J connectivity index is 1.69. The highest BCUT2D eigenvalue weighted by Gasteiger charge is 2.53. The number of esters is 1. The van der Waals surface area contributed by atoms with Gasteiger partial charge in [0.2, 0.25) is 5.79 Å². The van der Waals surface area contributed by atoms with Gasteiger partial charge in [-0.2, -0.15) is 0 Å². The Bertz CT molecular complexity index is 1910. The van der Waals surface area contributed by atoms with Crippen LogP contribution in [0.4, 0.5) is 0 Å². The average Bonchev–Trinajstić information content (AvgIpc) is 3.33. The highest BCUT2D eigenvalue weighted by Crippen LogP contribution is 2.40. The Hall–Kier alpha value is -3.23. The molecule has 15 heteroatoms. The van der Waals surface area contributed by atoms with Gasteiger partial charge in [0.1, 0.15) is 43.0 Å². The lowest BCUT2D eigenvalue weighted by molar-refractivity contribution is -0.265. The number of fused-ring (bicyclic) bond motifs is 3. The van der Waals surface area contributed by atoms with Crippen molar-refractivity contribution in [2.75, 3.05) is 40.7 Å². The normalized spacial score (nSPS) is 38.6. The van der Waals surface area contributed by atoms with Crippen molar-refractivity contribution in [2.45, 2.75) is 187 Å². The predicted octanol–water partition coefficient (Wildman–Crippen LogP) is 8.67. The van der Waals surface area contributed by atoms with Gasteiger partial charge in [0.25, 0.3) is 11.7 Å². The molecular weight excluding hydrogens is 914 g/mol. The van der Waals surface area contributed by atoms with Crippen LogP contribution in [0.2, 0.25) is 0 Å². The van der Waals surface area contributed by atoms with E-state index >= 15 is 0 Å². The van der Waals surface area contributed by atoms with E-state index in [0.717, 1.165) is 37.7 Å². The number of carbonyl (C=O) groups excluding carboxylic acids is 5. The minimum atomic E-state index is -2.43. The lowest BCUT2D eigenvalue weighted by Crippen LogP contribution is -2.61. The monoisotopic (exact) mass is 1000 g/mol. The third kappa shape index (κ3) is 16.4. The molecule has 14 nitrogen and oxygen atoms in total. The Kier molecular flexibility index (Phi) is 24.0. The van der Waals surface area contributed by atoms with Gasteiger partial charge < -0.3 is 38.8 Å². The topological polar surface area (TPSA) is 192 Å². The molecule has 4 aliphatic rings. The van der Waals surface area contributed by atoms with E-state index in [2.05, 4.69) is 0 Å². The number of methoxy groups -OCH3 is 3. The summed E-state index contributed by atoms with van der Waals surface area (Å²) in [5.41, 5.74) is 1.28. The van der Waals surface area contributed by atoms with Gasteiger partial charge in [-0.05, 0) is 126 Å². The molecule has 3 heterocycles. The van der Waals surface area contributed by atoms with Gasteiger partial charge in [-0.1, -0.05) is 75.6 Å². The van der Waals surface area contributed by atoms with E-state index in [9.17, 15) is 38.8 Å². The van der Waals surface area contributed by atoms with Crippen molar-refractivity contribution in [3.8, 4) is 0 Å². The van der Waals surface area contributed by atoms with Gasteiger partial charge in [-0.25, -0.2) is 4.79 Å². The number of allylic oxidation sites excluding steroid dienone is 6. The number of carbonyl (C=O) groups is 5. The van der Waals surface area contributed by atoms with Crippen LogP contribution < -0.4 is 0 Å². The number of Topliss-reactive ketones (excluding diaryl/α,β-unsaturated/α-hetero) is 3. The summed E-state index contributed by atoms with van der Waals surface area (Å²) in [6.07, 6.45) is 15.6. The molecule has 4 rings (SSSR count). The fraction of sp³-hybridized carbons (Fsp3) is 0.764. The molecule has 0 spiro atoms. The molecule has 3 aliphatic heterocycles. The van der Waals surface area contributed by atoms with Crippen molar-refractivity contribution in [2.24, 2.45) is 41.4 Å². The number of ketones is 3. The first-order valence-electron chi connectivity index (χ1n) is 26.0. The Labute approximate surface area is 419 Å². The summed E-state index contributed by atoms with van der Waals surface area (Å²) in [6.45, 7) is 14.6. The summed E-state index contributed by atoms with van der Waals surface area (Å²) < 4.78 is 41.8. The van der Waals surface area contributed by atoms with Crippen LogP contribution in [0.15, 0.2) is 47.6 Å². The standard InChI is InChI=1S/C55H87NO13P/c1-34-18-13-12-14-19-35(2)46(65-8)32-43-25-22-40(7)55(63,69-43)52(60)53(61)56-26-16-15-21-44(56)54(62)68-47(37(4)30-41-23-24-42(48(31-41)66-9)20-17-27-70(11)64)33-45(57)36(3)29-39(6)50(59)51(67-10)49(58)38(5)28-34/h12-14,18-19,29,34,36-38,40-44,46-48,50-51,59,63H,15-17,20-28,30-33H2,1-11H3/q+1/b14-12+,18-13+,35-19+,39-29+/t34-,36-,37-,38-,40-,41+,42?,43+,44+,46+,47+,48-,50-,51+,55-/m1/s1. The Morgan fingerprint density at radius 3 is 2.29 bits per heavy atom. The number of hydrogen-bond acceptors (Lipinski definition) is 13. The number of aliphatic hydroxyl groups is 2. The van der Waals surface area contributed by atoms with Crippen molar-refractivity contribution < 1.29 is 62.4 Å². The van der Waals surface area contributed by atoms with E-state index < -0.39 is 85.6 Å². The van der Waals surface area contributed by atoms with Crippen LogP contribution >= 0.6 is 7.80 Å². The molecule has 394 valence electrons. The van der Waals surface area contributed by atoms with E-state index in [1.807, 2.05) is 58.1 Å². The molecule has 0 aromatic rings. The second-order valence-corrected chi connectivity index (χ2v) is 23.0. The zero-order valence-corrected chi connectivity index (χ0v) is 45.0. The summed E-state index contributed by atoms with van der Waals surface area (Å²) in [5, 5.41) is 23.5. The molecule has 2 bridgehead atoms. The first kappa shape index (κ1) is 59.3. The zero-order chi connectivity index (χ0) is 51.9. The van der Waals surface area contributed by atoms with Crippen molar-refractivity contribution in [1.82, 2.24) is 4.90 Å². The molecule has 3 fully saturated rings. The van der Waals surface area contributed by atoms with Crippen LogP contribution in [0.3, 0.4) is 0 Å². The molecule has 1 amide bonds. The number of hydrogen-bond donors (Lipinski definition) is 2. The second kappa shape index (κ2) is 28.3. The van der Waals surface area contributed by atoms with Crippen LogP contribution in [0.1, 0.15) is 138 Å². The predicted molar refractivity (Wildman–Crippen MR) is 270 cm³/mol. The molecule has 70 heavy (non-hydrogen) atoms. The quantitative estimate of drug-likeness (QED) is 0.0915. The van der Waals surface area contributed by atoms with Crippen LogP contribution in [0, 0.1) is 41.4 Å². The number of nitrogens with zero attached hydrogens (tertiary/aromatic N) is 1. The first-order chi connectivity index (χ1) is 33.1. The number of rotatable bonds is 10. The number of amides is 1. The zero-order valence-electron chi connectivity index (χ0n) is 44.1. The largest absolute Gasteiger partial charge is 0.460 e. The number of cyclic esters (lactones) is 1. The smallest absolute Gasteiger partial charge is 0.335 e. The number of aliphatic hydroxyl groups excluding tert-OH is 1. The van der Waals surface area contributed by atoms with Gasteiger partial charge in [-0.3, -0.25) is 19.2 Å². The fourth-order valence-corrected chi connectivity index (χ4v) is 11.8. The molecule has 16 atom stereocenters. The minimum Gasteiger partial charge on any atom is -0.460 e. The molecule has 2 saturated heterocycles. The average molecular weight is 1000 g/mol. The highest BCUT2D eigenvalue weighted by molar-refractivity contribution is 7.43. The maximum atomic E-state index is 14.5. The second-order valence-electron chi connectivity index (χ2n) is 21.3. The summed E-state index contributed by atoms with van der Waals surface area (Å²) in [6, 6.07) is -1.13. The highest BCUT2D eigenvalue weighted by atomic mass is 31.1. The molecule has 2 N–H and O–H groups in total. The number of piperidine rings is 1. The van der Waals surface area contributed by atoms with Crippen LogP contribution in [-0.4, -0.2) is 133 Å². The van der Waals surface area contributed by atoms with Gasteiger partial charge in [0.05, 0.1) is 18.3 Å². The van der Waals surface area contributed by atoms with Gasteiger partial charge >= 0.3 is 13.8 Å². The Morgan fingerprint density at radius 2 is 1.61 bits per heavy atom. The molecule has 0 radical (unpaired) electrons. The van der Waals surface area contributed by atoms with Crippen molar-refractivity contribution >= 4 is 37.0 Å². The van der Waals surface area contributed by atoms with Crippen molar-refractivity contribution in [3.63, 3.8) is 0 Å². The van der Waals surface area contributed by atoms with Gasteiger partial charge in [0, 0.05) is 58.5 Å². The van der Waals surface area contributed by atoms with E-state index in [1.165, 1.54) is 12.0 Å². The summed E-state index contributed by atoms with van der Waals surface area (Å²) in [5.74, 6) is -7.40. The molecule has 0 aromatic heterocycles. The van der Waals surface area contributed by atoms with E-state index in [0.29, 0.717) is 62.6 Å².